The van der Waals surface area contributed by atoms with E-state index < -0.39 is 60.7 Å². The zero-order valence-corrected chi connectivity index (χ0v) is 11.5. The van der Waals surface area contributed by atoms with Crippen molar-refractivity contribution >= 4 is 35.4 Å². The molecule has 0 saturated carbocycles. The van der Waals surface area contributed by atoms with Crippen LogP contribution in [0, 0.1) is 5.41 Å². The highest BCUT2D eigenvalue weighted by Crippen LogP contribution is 2.01. The standard InChI is InChI=1S/C12H15NO8/c1-6(14)3-10(17)20-9(13)5-8(16)12(19)21-11(18)4-7(2)15/h8,13,16H,3-5H2,1-2H3. The fourth-order valence-corrected chi connectivity index (χ4v) is 1.10. The van der Waals surface area contributed by atoms with Crippen molar-refractivity contribution in [2.45, 2.75) is 39.2 Å². The summed E-state index contributed by atoms with van der Waals surface area (Å²) in [5, 5.41) is 16.6. The molecule has 0 aromatic heterocycles. The van der Waals surface area contributed by atoms with Crippen molar-refractivity contribution in [2.24, 2.45) is 0 Å². The number of carbonyl (C=O) groups is 5. The van der Waals surface area contributed by atoms with E-state index in [1.165, 1.54) is 0 Å². The third-order valence-electron chi connectivity index (χ3n) is 1.89. The summed E-state index contributed by atoms with van der Waals surface area (Å²) in [5.74, 6) is -5.25. The van der Waals surface area contributed by atoms with E-state index in [9.17, 15) is 29.1 Å². The zero-order valence-electron chi connectivity index (χ0n) is 11.5. The molecule has 0 rings (SSSR count). The molecule has 0 amide bonds. The van der Waals surface area contributed by atoms with E-state index in [1.54, 1.807) is 0 Å². The quantitative estimate of drug-likeness (QED) is 0.271. The minimum absolute atomic E-state index is 0.470. The second-order valence-corrected chi connectivity index (χ2v) is 4.17. The van der Waals surface area contributed by atoms with Gasteiger partial charge in [0.25, 0.3) is 0 Å². The summed E-state index contributed by atoms with van der Waals surface area (Å²) in [7, 11) is 0. The Labute approximate surface area is 119 Å². The fraction of sp³-hybridized carbons (Fsp3) is 0.500. The Morgan fingerprint density at radius 3 is 1.81 bits per heavy atom. The number of hydrogen-bond acceptors (Lipinski definition) is 9. The van der Waals surface area contributed by atoms with Gasteiger partial charge in [-0.2, -0.15) is 0 Å². The van der Waals surface area contributed by atoms with Gasteiger partial charge in [-0.15, -0.1) is 0 Å². The lowest BCUT2D eigenvalue weighted by molar-refractivity contribution is -0.166. The van der Waals surface area contributed by atoms with Gasteiger partial charge in [0.05, 0.1) is 6.42 Å². The van der Waals surface area contributed by atoms with Crippen LogP contribution in [0.15, 0.2) is 0 Å². The maximum atomic E-state index is 11.2. The summed E-state index contributed by atoms with van der Waals surface area (Å²) in [6.07, 6.45) is -3.78. The molecule has 0 spiro atoms. The molecule has 9 nitrogen and oxygen atoms in total. The molecule has 0 fully saturated rings. The van der Waals surface area contributed by atoms with E-state index in [4.69, 9.17) is 5.41 Å². The first-order chi connectivity index (χ1) is 9.61. The van der Waals surface area contributed by atoms with Crippen LogP contribution in [-0.2, 0) is 33.4 Å². The van der Waals surface area contributed by atoms with Gasteiger partial charge in [-0.3, -0.25) is 24.6 Å². The highest BCUT2D eigenvalue weighted by molar-refractivity contribution is 6.01. The number of hydrogen-bond donors (Lipinski definition) is 2. The maximum Gasteiger partial charge on any atom is 0.343 e. The van der Waals surface area contributed by atoms with Gasteiger partial charge < -0.3 is 14.6 Å². The van der Waals surface area contributed by atoms with Gasteiger partial charge in [-0.05, 0) is 13.8 Å². The van der Waals surface area contributed by atoms with E-state index in [0.717, 1.165) is 13.8 Å². The highest BCUT2D eigenvalue weighted by atomic mass is 16.6. The summed E-state index contributed by atoms with van der Waals surface area (Å²) in [5.41, 5.74) is 0. The van der Waals surface area contributed by atoms with E-state index >= 15 is 0 Å². The summed E-state index contributed by atoms with van der Waals surface area (Å²) >= 11 is 0. The van der Waals surface area contributed by atoms with E-state index in [1.807, 2.05) is 0 Å². The fourth-order valence-electron chi connectivity index (χ4n) is 1.10. The Morgan fingerprint density at radius 1 is 0.952 bits per heavy atom. The molecule has 0 aliphatic rings. The number of aliphatic hydroxyl groups is 1. The van der Waals surface area contributed by atoms with Crippen LogP contribution >= 0.6 is 0 Å². The molecular formula is C12H15NO8. The van der Waals surface area contributed by atoms with Crippen LogP contribution in [0.1, 0.15) is 33.1 Å². The molecule has 2 N–H and O–H groups in total. The van der Waals surface area contributed by atoms with Gasteiger partial charge in [0.15, 0.2) is 12.0 Å². The number of Topliss-reactive ketones (excluding diaryl/α,β-unsaturated/α-hetero) is 2. The third-order valence-corrected chi connectivity index (χ3v) is 1.89. The summed E-state index contributed by atoms with van der Waals surface area (Å²) in [6.45, 7) is 2.27. The Bertz CT molecular complexity index is 482. The molecular weight excluding hydrogens is 286 g/mol. The Kier molecular flexibility index (Phi) is 7.69. The number of rotatable bonds is 7. The molecule has 9 heteroatoms. The lowest BCUT2D eigenvalue weighted by Crippen LogP contribution is -2.29. The van der Waals surface area contributed by atoms with Crippen molar-refractivity contribution in [3.8, 4) is 0 Å². The predicted octanol–water partition coefficient (Wildman–Crippen LogP) is -0.714. The maximum absolute atomic E-state index is 11.2. The predicted molar refractivity (Wildman–Crippen MR) is 66.1 cm³/mol. The first kappa shape index (κ1) is 18.6. The van der Waals surface area contributed by atoms with Crippen LogP contribution in [0.3, 0.4) is 0 Å². The minimum Gasteiger partial charge on any atom is -0.412 e. The topological polar surface area (TPSA) is 148 Å². The van der Waals surface area contributed by atoms with E-state index in [2.05, 4.69) is 9.47 Å². The number of aliphatic hydroxyl groups excluding tert-OH is 1. The Balaban J connectivity index is 4.25. The lowest BCUT2D eigenvalue weighted by atomic mass is 10.2. The molecule has 0 bridgehead atoms. The number of ether oxygens (including phenoxy) is 2. The molecule has 0 aliphatic carbocycles. The van der Waals surface area contributed by atoms with Crippen molar-refractivity contribution in [3.63, 3.8) is 0 Å². The second-order valence-electron chi connectivity index (χ2n) is 4.17. The molecule has 0 radical (unpaired) electrons. The SMILES string of the molecule is CC(=O)CC(=O)OC(=N)CC(O)C(=O)OC(=O)CC(C)=O. The molecule has 0 saturated heterocycles. The molecule has 0 aliphatic heterocycles. The van der Waals surface area contributed by atoms with Crippen molar-refractivity contribution in [1.82, 2.24) is 0 Å². The van der Waals surface area contributed by atoms with Gasteiger partial charge in [-0.25, -0.2) is 4.79 Å². The summed E-state index contributed by atoms with van der Waals surface area (Å²) in [4.78, 5) is 54.5. The zero-order chi connectivity index (χ0) is 16.6. The van der Waals surface area contributed by atoms with Crippen LogP contribution in [0.25, 0.3) is 0 Å². The van der Waals surface area contributed by atoms with Crippen molar-refractivity contribution in [3.05, 3.63) is 0 Å². The monoisotopic (exact) mass is 301 g/mol. The van der Waals surface area contributed by atoms with Gasteiger partial charge in [-0.1, -0.05) is 0 Å². The van der Waals surface area contributed by atoms with Crippen LogP contribution in [0.4, 0.5) is 0 Å². The van der Waals surface area contributed by atoms with Crippen LogP contribution in [-0.4, -0.2) is 46.6 Å². The van der Waals surface area contributed by atoms with Crippen molar-refractivity contribution < 1.29 is 38.6 Å². The molecule has 0 aromatic rings. The molecule has 21 heavy (non-hydrogen) atoms. The smallest absolute Gasteiger partial charge is 0.343 e. The first-order valence-electron chi connectivity index (χ1n) is 5.81. The number of ketones is 2. The Hall–Kier alpha value is -2.42. The van der Waals surface area contributed by atoms with Crippen molar-refractivity contribution in [2.75, 3.05) is 0 Å². The minimum atomic E-state index is -1.90. The number of esters is 3. The molecule has 116 valence electrons. The van der Waals surface area contributed by atoms with E-state index in [-0.39, 0.29) is 0 Å². The molecule has 0 heterocycles. The number of nitrogens with one attached hydrogen (secondary N) is 1. The van der Waals surface area contributed by atoms with Gasteiger partial charge in [0.1, 0.15) is 24.4 Å². The van der Waals surface area contributed by atoms with Crippen LogP contribution in [0.2, 0.25) is 0 Å². The normalized spacial score (nSPS) is 11.2. The first-order valence-corrected chi connectivity index (χ1v) is 5.81. The molecule has 0 aromatic carbocycles. The second kappa shape index (κ2) is 8.69. The number of carbonyl (C=O) groups excluding carboxylic acids is 5. The average molecular weight is 301 g/mol. The lowest BCUT2D eigenvalue weighted by Gasteiger charge is -2.10. The molecule has 1 atom stereocenters. The summed E-state index contributed by atoms with van der Waals surface area (Å²) < 4.78 is 8.52. The van der Waals surface area contributed by atoms with Gasteiger partial charge in [0, 0.05) is 0 Å². The van der Waals surface area contributed by atoms with Crippen molar-refractivity contribution in [1.29, 1.82) is 5.41 Å². The Morgan fingerprint density at radius 2 is 1.38 bits per heavy atom. The van der Waals surface area contributed by atoms with Gasteiger partial charge >= 0.3 is 17.9 Å². The van der Waals surface area contributed by atoms with Gasteiger partial charge in [0.2, 0.25) is 0 Å². The third kappa shape index (κ3) is 9.16. The summed E-state index contributed by atoms with van der Waals surface area (Å²) in [6, 6.07) is 0. The largest absolute Gasteiger partial charge is 0.412 e. The molecule has 1 unspecified atom stereocenters. The average Bonchev–Trinajstić information content (AvgIpc) is 2.25. The van der Waals surface area contributed by atoms with Crippen LogP contribution in [0.5, 0.6) is 0 Å². The van der Waals surface area contributed by atoms with Crippen LogP contribution < -0.4 is 0 Å². The van der Waals surface area contributed by atoms with E-state index in [0.29, 0.717) is 0 Å². The highest BCUT2D eigenvalue weighted by Gasteiger charge is 2.24.